The third kappa shape index (κ3) is 7.21. The first-order valence-electron chi connectivity index (χ1n) is 15.1. The summed E-state index contributed by atoms with van der Waals surface area (Å²) in [6.45, 7) is 1.72. The number of thioether (sulfide) groups is 1. The molecule has 3 fully saturated rings. The minimum atomic E-state index is -1.09. The molecule has 1 saturated heterocycles. The van der Waals surface area contributed by atoms with E-state index in [-0.39, 0.29) is 37.3 Å². The fourth-order valence-electron chi connectivity index (χ4n) is 7.28. The van der Waals surface area contributed by atoms with Gasteiger partial charge >= 0.3 is 11.9 Å². The van der Waals surface area contributed by atoms with Crippen molar-refractivity contribution in [3.05, 3.63) is 40.5 Å². The Bertz CT molecular complexity index is 1430. The van der Waals surface area contributed by atoms with Crippen LogP contribution in [0.2, 0.25) is 0 Å². The average Bonchev–Trinajstić information content (AvgIpc) is 3.76. The number of carboxylic acids is 2. The summed E-state index contributed by atoms with van der Waals surface area (Å²) in [6.07, 6.45) is 7.79. The molecule has 2 saturated carbocycles. The van der Waals surface area contributed by atoms with Crippen LogP contribution >= 0.6 is 24.0 Å². The van der Waals surface area contributed by atoms with Crippen LogP contribution in [0.3, 0.4) is 0 Å². The molecule has 2 heterocycles. The number of thiocarbonyl (C=S) groups is 1. The summed E-state index contributed by atoms with van der Waals surface area (Å²) < 4.78 is 18.0. The molecule has 3 aliphatic rings. The molecule has 9 nitrogen and oxygen atoms in total. The highest BCUT2D eigenvalue weighted by atomic mass is 32.2. The summed E-state index contributed by atoms with van der Waals surface area (Å²) in [5.74, 6) is 2.10. The molecule has 2 aliphatic carbocycles. The number of carbonyl (C=O) groups excluding carboxylic acids is 1. The first-order chi connectivity index (χ1) is 21.1. The number of Topliss-reactive ketones (excluding diaryl/α,β-unsaturated/α-hetero) is 1. The van der Waals surface area contributed by atoms with Crippen LogP contribution in [0.5, 0.6) is 11.5 Å². The van der Waals surface area contributed by atoms with E-state index in [1.54, 1.807) is 26.4 Å². The number of fused-ring (bicyclic) bond motifs is 2. The Labute approximate surface area is 267 Å². The van der Waals surface area contributed by atoms with Gasteiger partial charge in [-0.15, -0.1) is 0 Å². The number of ketones is 1. The van der Waals surface area contributed by atoms with Gasteiger partial charge in [-0.2, -0.15) is 0 Å². The number of carbonyl (C=O) groups is 3. The summed E-state index contributed by atoms with van der Waals surface area (Å²) in [5.41, 5.74) is 1.55. The first-order valence-corrected chi connectivity index (χ1v) is 16.3. The molecular weight excluding hydrogens is 602 g/mol. The largest absolute Gasteiger partial charge is 0.497 e. The molecule has 0 amide bonds. The standard InChI is InChI=1S/C33H39NO8S2/c1-18(25-10-19-6-7-20(25)9-19)31-32(39)28(44-33(31)43)15-27-21(5-4-8-34(16-29(35)36)17-30(37)38)13-26(42-27)22-11-23(40-2)14-24(12-22)41-3/h11-15,18-20,25,31H,4-10,16-17H2,1-3H3,(H,35,36)(H,37,38). The number of methoxy groups -OCH3 is 2. The van der Waals surface area contributed by atoms with Crippen molar-refractivity contribution >= 4 is 52.0 Å². The third-order valence-electron chi connectivity index (χ3n) is 9.36. The number of aryl methyl sites for hydroxylation is 1. The molecule has 5 atom stereocenters. The second-order valence-electron chi connectivity index (χ2n) is 12.2. The van der Waals surface area contributed by atoms with Crippen molar-refractivity contribution in [1.82, 2.24) is 4.90 Å². The Morgan fingerprint density at radius 1 is 1.09 bits per heavy atom. The van der Waals surface area contributed by atoms with E-state index in [1.807, 2.05) is 18.2 Å². The minimum Gasteiger partial charge on any atom is -0.497 e. The van der Waals surface area contributed by atoms with Crippen LogP contribution in [0.4, 0.5) is 0 Å². The quantitative estimate of drug-likeness (QED) is 0.185. The normalized spacial score (nSPS) is 24.4. The van der Waals surface area contributed by atoms with Crippen molar-refractivity contribution in [3.8, 4) is 22.8 Å². The van der Waals surface area contributed by atoms with Crippen molar-refractivity contribution < 1.29 is 38.5 Å². The lowest BCUT2D eigenvalue weighted by molar-refractivity contribution is -0.141. The van der Waals surface area contributed by atoms with Gasteiger partial charge in [0, 0.05) is 11.6 Å². The van der Waals surface area contributed by atoms with E-state index < -0.39 is 11.9 Å². The van der Waals surface area contributed by atoms with Gasteiger partial charge in [0.25, 0.3) is 0 Å². The lowest BCUT2D eigenvalue weighted by atomic mass is 9.73. The molecule has 0 spiro atoms. The topological polar surface area (TPSA) is 127 Å². The molecule has 11 heteroatoms. The van der Waals surface area contributed by atoms with Crippen molar-refractivity contribution in [1.29, 1.82) is 0 Å². The molecule has 236 valence electrons. The number of allylic oxidation sites excluding steroid dienone is 1. The summed E-state index contributed by atoms with van der Waals surface area (Å²) in [7, 11) is 3.14. The van der Waals surface area contributed by atoms with Gasteiger partial charge < -0.3 is 24.1 Å². The van der Waals surface area contributed by atoms with Crippen molar-refractivity contribution in [2.24, 2.45) is 29.6 Å². The molecule has 1 aromatic carbocycles. The fourth-order valence-corrected chi connectivity index (χ4v) is 8.93. The second-order valence-corrected chi connectivity index (χ2v) is 14.0. The van der Waals surface area contributed by atoms with Crippen molar-refractivity contribution in [2.75, 3.05) is 33.9 Å². The summed E-state index contributed by atoms with van der Waals surface area (Å²) in [5, 5.41) is 18.4. The molecule has 44 heavy (non-hydrogen) atoms. The maximum Gasteiger partial charge on any atom is 0.317 e. The predicted octanol–water partition coefficient (Wildman–Crippen LogP) is 6.04. The van der Waals surface area contributed by atoms with Gasteiger partial charge in [0.1, 0.15) is 23.0 Å². The van der Waals surface area contributed by atoms with Gasteiger partial charge in [-0.05, 0) is 92.2 Å². The van der Waals surface area contributed by atoms with Crippen LogP contribution < -0.4 is 9.47 Å². The number of furan rings is 1. The Morgan fingerprint density at radius 2 is 1.77 bits per heavy atom. The maximum absolute atomic E-state index is 13.8. The summed E-state index contributed by atoms with van der Waals surface area (Å²) in [6, 6.07) is 7.33. The van der Waals surface area contributed by atoms with E-state index in [1.165, 1.54) is 42.3 Å². The number of aliphatic carboxylic acids is 2. The van der Waals surface area contributed by atoms with Crippen LogP contribution in [-0.4, -0.2) is 70.9 Å². The molecule has 5 rings (SSSR count). The highest BCUT2D eigenvalue weighted by molar-refractivity contribution is 8.27. The van der Waals surface area contributed by atoms with E-state index in [0.717, 1.165) is 21.2 Å². The van der Waals surface area contributed by atoms with E-state index in [4.69, 9.17) is 26.1 Å². The van der Waals surface area contributed by atoms with E-state index >= 15 is 0 Å². The van der Waals surface area contributed by atoms with E-state index in [9.17, 15) is 24.6 Å². The number of ether oxygens (including phenoxy) is 2. The van der Waals surface area contributed by atoms with Crippen molar-refractivity contribution in [2.45, 2.75) is 45.4 Å². The van der Waals surface area contributed by atoms with Gasteiger partial charge in [-0.3, -0.25) is 19.3 Å². The molecule has 1 aromatic heterocycles. The van der Waals surface area contributed by atoms with E-state index in [0.29, 0.717) is 52.6 Å². The van der Waals surface area contributed by atoms with Gasteiger partial charge in [0.2, 0.25) is 0 Å². The van der Waals surface area contributed by atoms with Crippen LogP contribution in [-0.2, 0) is 20.8 Å². The Hall–Kier alpha value is -3.15. The second kappa shape index (κ2) is 13.9. The zero-order valence-electron chi connectivity index (χ0n) is 25.2. The lowest BCUT2D eigenvalue weighted by Gasteiger charge is -2.30. The number of rotatable bonds is 14. The first kappa shape index (κ1) is 32.2. The highest BCUT2D eigenvalue weighted by Crippen LogP contribution is 2.54. The third-order valence-corrected chi connectivity index (χ3v) is 10.9. The monoisotopic (exact) mass is 641 g/mol. The Morgan fingerprint density at radius 3 is 2.34 bits per heavy atom. The average molecular weight is 642 g/mol. The maximum atomic E-state index is 13.8. The van der Waals surface area contributed by atoms with Crippen molar-refractivity contribution in [3.63, 3.8) is 0 Å². The predicted molar refractivity (Wildman–Crippen MR) is 172 cm³/mol. The molecule has 5 unspecified atom stereocenters. The fraction of sp³-hybridized carbons (Fsp3) is 0.515. The van der Waals surface area contributed by atoms with Gasteiger partial charge in [0.05, 0.1) is 42.3 Å². The Balaban J connectivity index is 1.42. The molecule has 2 aromatic rings. The Kier molecular flexibility index (Phi) is 10.2. The van der Waals surface area contributed by atoms with E-state index in [2.05, 4.69) is 6.92 Å². The smallest absolute Gasteiger partial charge is 0.317 e. The lowest BCUT2D eigenvalue weighted by Crippen LogP contribution is -2.35. The van der Waals surface area contributed by atoms with Crippen LogP contribution in [0.1, 0.15) is 50.4 Å². The number of carboxylic acid groups (broad SMARTS) is 2. The number of benzene rings is 1. The number of hydrogen-bond donors (Lipinski definition) is 2. The van der Waals surface area contributed by atoms with Crippen LogP contribution in [0.15, 0.2) is 33.6 Å². The van der Waals surface area contributed by atoms with Gasteiger partial charge in [0.15, 0.2) is 5.78 Å². The highest BCUT2D eigenvalue weighted by Gasteiger charge is 2.48. The van der Waals surface area contributed by atoms with Gasteiger partial charge in [-0.1, -0.05) is 37.3 Å². The van der Waals surface area contributed by atoms with Crippen LogP contribution in [0, 0.1) is 29.6 Å². The summed E-state index contributed by atoms with van der Waals surface area (Å²) in [4.78, 5) is 38.3. The zero-order chi connectivity index (χ0) is 31.5. The SMILES string of the molecule is COc1cc(OC)cc(-c2cc(CCCN(CC(=O)O)CC(=O)O)c(C=C3SC(=S)C(C(C)C4CC5CCC4C5)C3=O)o2)c1. The molecule has 0 radical (unpaired) electrons. The minimum absolute atomic E-state index is 0.0521. The zero-order valence-corrected chi connectivity index (χ0v) is 26.9. The number of nitrogens with zero attached hydrogens (tertiary/aromatic N) is 1. The van der Waals surface area contributed by atoms with Gasteiger partial charge in [-0.25, -0.2) is 0 Å². The molecule has 2 bridgehead atoms. The van der Waals surface area contributed by atoms with Crippen LogP contribution in [0.25, 0.3) is 17.4 Å². The summed E-state index contributed by atoms with van der Waals surface area (Å²) >= 11 is 7.14. The molecule has 2 N–H and O–H groups in total. The molecule has 1 aliphatic heterocycles. The molecular formula is C33H39NO8S2. The number of hydrogen-bond acceptors (Lipinski definition) is 9.